The number of carbonyl (C=O) groups is 2. The molecule has 1 fully saturated rings. The molecule has 0 unspecified atom stereocenters. The van der Waals surface area contributed by atoms with E-state index in [4.69, 9.17) is 4.52 Å². The first-order valence-electron chi connectivity index (χ1n) is 8.49. The van der Waals surface area contributed by atoms with Gasteiger partial charge in [-0.3, -0.25) is 14.5 Å². The zero-order valence-electron chi connectivity index (χ0n) is 14.0. The van der Waals surface area contributed by atoms with Crippen LogP contribution >= 0.6 is 0 Å². The zero-order valence-corrected chi connectivity index (χ0v) is 14.0. The maximum atomic E-state index is 12.5. The van der Waals surface area contributed by atoms with E-state index < -0.39 is 0 Å². The number of hydrogen-bond acceptors (Lipinski definition) is 5. The molecule has 0 N–H and O–H groups in total. The van der Waals surface area contributed by atoms with Gasteiger partial charge in [-0.05, 0) is 30.9 Å². The van der Waals surface area contributed by atoms with Gasteiger partial charge in [-0.1, -0.05) is 41.6 Å². The minimum Gasteiger partial charge on any atom is -0.337 e. The normalized spacial score (nSPS) is 22.5. The summed E-state index contributed by atoms with van der Waals surface area (Å²) < 4.78 is 5.27. The third-order valence-corrected chi connectivity index (χ3v) is 5.01. The number of nitrogens with zero attached hydrogens (tertiary/aromatic N) is 3. The first-order valence-corrected chi connectivity index (χ1v) is 8.49. The summed E-state index contributed by atoms with van der Waals surface area (Å²) in [5.41, 5.74) is 2.29. The molecule has 6 heteroatoms. The van der Waals surface area contributed by atoms with Crippen LogP contribution in [0.2, 0.25) is 0 Å². The van der Waals surface area contributed by atoms with E-state index in [-0.39, 0.29) is 30.2 Å². The summed E-state index contributed by atoms with van der Waals surface area (Å²) in [6.45, 7) is 2.10. The summed E-state index contributed by atoms with van der Waals surface area (Å²) in [6, 6.07) is 8.02. The molecule has 0 saturated carbocycles. The number of amides is 2. The molecule has 1 aliphatic heterocycles. The molecule has 1 saturated heterocycles. The molecule has 2 heterocycles. The number of hydrogen-bond donors (Lipinski definition) is 0. The Morgan fingerprint density at radius 1 is 1.12 bits per heavy atom. The van der Waals surface area contributed by atoms with Gasteiger partial charge in [0.2, 0.25) is 17.7 Å². The van der Waals surface area contributed by atoms with Gasteiger partial charge in [0.15, 0.2) is 5.82 Å². The first kappa shape index (κ1) is 15.7. The summed E-state index contributed by atoms with van der Waals surface area (Å²) in [5, 5.41) is 3.99. The minimum absolute atomic E-state index is 0.0610. The fourth-order valence-corrected chi connectivity index (χ4v) is 3.57. The molecule has 1 aliphatic carbocycles. The third-order valence-electron chi connectivity index (χ3n) is 5.01. The summed E-state index contributed by atoms with van der Waals surface area (Å²) in [4.78, 5) is 30.6. The minimum atomic E-state index is -0.230. The highest BCUT2D eigenvalue weighted by Gasteiger charge is 2.47. The average Bonchev–Trinajstić information content (AvgIpc) is 3.16. The van der Waals surface area contributed by atoms with Crippen LogP contribution in [0.4, 0.5) is 0 Å². The first-order chi connectivity index (χ1) is 12.1. The molecular weight excluding hydrogens is 318 g/mol. The number of aryl methyl sites for hydroxylation is 1. The SMILES string of the molecule is Cc1ccccc1Cc1noc(CN2C(=O)[C@@H]3CC=CC[C@H]3C2=O)n1. The molecule has 2 atom stereocenters. The van der Waals surface area contributed by atoms with Gasteiger partial charge < -0.3 is 4.52 Å². The number of carbonyl (C=O) groups excluding carboxylic acids is 2. The lowest BCUT2D eigenvalue weighted by Crippen LogP contribution is -2.30. The van der Waals surface area contributed by atoms with E-state index in [0.717, 1.165) is 11.1 Å². The predicted molar refractivity (Wildman–Crippen MR) is 89.2 cm³/mol. The van der Waals surface area contributed by atoms with Crippen molar-refractivity contribution >= 4 is 11.8 Å². The van der Waals surface area contributed by atoms with Crippen molar-refractivity contribution < 1.29 is 14.1 Å². The second-order valence-electron chi connectivity index (χ2n) is 6.63. The summed E-state index contributed by atoms with van der Waals surface area (Å²) in [5.74, 6) is 0.147. The molecule has 6 nitrogen and oxygen atoms in total. The molecule has 2 amide bonds. The number of aromatic nitrogens is 2. The number of imide groups is 1. The summed E-state index contributed by atoms with van der Waals surface area (Å²) in [7, 11) is 0. The fourth-order valence-electron chi connectivity index (χ4n) is 3.57. The highest BCUT2D eigenvalue weighted by Crippen LogP contribution is 2.35. The van der Waals surface area contributed by atoms with Crippen molar-refractivity contribution in [2.24, 2.45) is 11.8 Å². The second kappa shape index (κ2) is 6.27. The number of rotatable bonds is 4. The predicted octanol–water partition coefficient (Wildman–Crippen LogP) is 2.42. The highest BCUT2D eigenvalue weighted by molar-refractivity contribution is 6.05. The Morgan fingerprint density at radius 2 is 1.80 bits per heavy atom. The average molecular weight is 337 g/mol. The van der Waals surface area contributed by atoms with Gasteiger partial charge in [0.05, 0.1) is 11.8 Å². The number of benzene rings is 1. The lowest BCUT2D eigenvalue weighted by atomic mass is 9.85. The third kappa shape index (κ3) is 2.88. The van der Waals surface area contributed by atoms with Gasteiger partial charge in [-0.15, -0.1) is 0 Å². The quantitative estimate of drug-likeness (QED) is 0.632. The molecule has 0 radical (unpaired) electrons. The standard InChI is InChI=1S/C19H19N3O3/c1-12-6-2-3-7-13(12)10-16-20-17(25-21-16)11-22-18(23)14-8-4-5-9-15(14)19(22)24/h2-7,14-15H,8-11H2,1H3/t14-,15-/m1/s1. The topological polar surface area (TPSA) is 76.3 Å². The van der Waals surface area contributed by atoms with E-state index in [1.165, 1.54) is 4.90 Å². The molecule has 0 spiro atoms. The lowest BCUT2D eigenvalue weighted by Gasteiger charge is -2.14. The van der Waals surface area contributed by atoms with Crippen LogP contribution in [0.1, 0.15) is 35.7 Å². The molecular formula is C19H19N3O3. The van der Waals surface area contributed by atoms with Gasteiger partial charge in [0, 0.05) is 6.42 Å². The van der Waals surface area contributed by atoms with Crippen molar-refractivity contribution in [3.05, 3.63) is 59.3 Å². The van der Waals surface area contributed by atoms with Crippen molar-refractivity contribution in [3.63, 3.8) is 0 Å². The summed E-state index contributed by atoms with van der Waals surface area (Å²) in [6.07, 6.45) is 5.78. The smallest absolute Gasteiger partial charge is 0.246 e. The van der Waals surface area contributed by atoms with E-state index in [0.29, 0.717) is 31.0 Å². The van der Waals surface area contributed by atoms with Crippen LogP contribution in [0.15, 0.2) is 40.9 Å². The molecule has 2 aromatic rings. The number of likely N-dealkylation sites (tertiary alicyclic amines) is 1. The van der Waals surface area contributed by atoms with Crippen LogP contribution in [0.25, 0.3) is 0 Å². The van der Waals surface area contributed by atoms with Gasteiger partial charge in [-0.2, -0.15) is 4.98 Å². The van der Waals surface area contributed by atoms with Crippen LogP contribution < -0.4 is 0 Å². The van der Waals surface area contributed by atoms with Crippen molar-refractivity contribution in [2.45, 2.75) is 32.7 Å². The fraction of sp³-hybridized carbons (Fsp3) is 0.368. The van der Waals surface area contributed by atoms with E-state index in [1.807, 2.05) is 43.3 Å². The maximum Gasteiger partial charge on any atom is 0.246 e. The second-order valence-corrected chi connectivity index (χ2v) is 6.63. The zero-order chi connectivity index (χ0) is 17.4. The Morgan fingerprint density at radius 3 is 2.48 bits per heavy atom. The van der Waals surface area contributed by atoms with E-state index in [2.05, 4.69) is 10.1 Å². The Kier molecular flexibility index (Phi) is 3.95. The van der Waals surface area contributed by atoms with Crippen molar-refractivity contribution in [1.82, 2.24) is 15.0 Å². The van der Waals surface area contributed by atoms with Crippen LogP contribution in [0.5, 0.6) is 0 Å². The van der Waals surface area contributed by atoms with E-state index >= 15 is 0 Å². The molecule has 0 bridgehead atoms. The van der Waals surface area contributed by atoms with Crippen molar-refractivity contribution in [1.29, 1.82) is 0 Å². The molecule has 25 heavy (non-hydrogen) atoms. The van der Waals surface area contributed by atoms with Crippen molar-refractivity contribution in [2.75, 3.05) is 0 Å². The Labute approximate surface area is 145 Å². The maximum absolute atomic E-state index is 12.5. The van der Waals surface area contributed by atoms with Gasteiger partial charge in [-0.25, -0.2) is 0 Å². The molecule has 1 aromatic heterocycles. The van der Waals surface area contributed by atoms with Gasteiger partial charge >= 0.3 is 0 Å². The Bertz CT molecular complexity index is 829. The van der Waals surface area contributed by atoms with Crippen LogP contribution in [0.3, 0.4) is 0 Å². The van der Waals surface area contributed by atoms with Crippen LogP contribution in [-0.2, 0) is 22.6 Å². The molecule has 128 valence electrons. The van der Waals surface area contributed by atoms with Crippen LogP contribution in [0, 0.1) is 18.8 Å². The van der Waals surface area contributed by atoms with Crippen molar-refractivity contribution in [3.8, 4) is 0 Å². The van der Waals surface area contributed by atoms with E-state index in [1.54, 1.807) is 0 Å². The largest absolute Gasteiger partial charge is 0.337 e. The lowest BCUT2D eigenvalue weighted by molar-refractivity contribution is -0.141. The van der Waals surface area contributed by atoms with Gasteiger partial charge in [0.25, 0.3) is 0 Å². The Hall–Kier alpha value is -2.76. The highest BCUT2D eigenvalue weighted by atomic mass is 16.5. The summed E-state index contributed by atoms with van der Waals surface area (Å²) >= 11 is 0. The van der Waals surface area contributed by atoms with Gasteiger partial charge in [0.1, 0.15) is 6.54 Å². The monoisotopic (exact) mass is 337 g/mol. The molecule has 4 rings (SSSR count). The number of allylic oxidation sites excluding steroid dienone is 2. The van der Waals surface area contributed by atoms with Crippen LogP contribution in [-0.4, -0.2) is 26.9 Å². The van der Waals surface area contributed by atoms with E-state index in [9.17, 15) is 9.59 Å². The Balaban J connectivity index is 1.47. The molecule has 2 aliphatic rings. The number of fused-ring (bicyclic) bond motifs is 1. The molecule has 1 aromatic carbocycles.